The summed E-state index contributed by atoms with van der Waals surface area (Å²) < 4.78 is 16.9. The number of carbonyl (C=O) groups is 1. The quantitative estimate of drug-likeness (QED) is 0.544. The van der Waals surface area contributed by atoms with Crippen LogP contribution in [0.2, 0.25) is 0 Å². The molecule has 0 saturated carbocycles. The number of aromatic nitrogens is 3. The van der Waals surface area contributed by atoms with Gasteiger partial charge in [-0.15, -0.1) is 0 Å². The molecule has 1 fully saturated rings. The van der Waals surface area contributed by atoms with Crippen LogP contribution in [0.4, 0.5) is 11.6 Å². The number of pyridine rings is 3. The summed E-state index contributed by atoms with van der Waals surface area (Å²) in [6.45, 7) is 8.99. The van der Waals surface area contributed by atoms with Crippen molar-refractivity contribution in [2.24, 2.45) is 5.73 Å². The predicted molar refractivity (Wildman–Crippen MR) is 127 cm³/mol. The molecule has 3 atom stereocenters. The van der Waals surface area contributed by atoms with Crippen molar-refractivity contribution >= 4 is 28.4 Å². The van der Waals surface area contributed by atoms with Gasteiger partial charge in [0.1, 0.15) is 23.8 Å². The Morgan fingerprint density at radius 1 is 1.15 bits per heavy atom. The number of nitrogens with zero attached hydrogens (tertiary/aromatic N) is 3. The second-order valence-electron chi connectivity index (χ2n) is 9.57. The van der Waals surface area contributed by atoms with Gasteiger partial charge < -0.3 is 25.3 Å². The Labute approximate surface area is 198 Å². The third kappa shape index (κ3) is 4.17. The molecule has 3 N–H and O–H groups in total. The van der Waals surface area contributed by atoms with Gasteiger partial charge in [-0.3, -0.25) is 0 Å². The molecule has 0 unspecified atom stereocenters. The van der Waals surface area contributed by atoms with Crippen molar-refractivity contribution in [3.05, 3.63) is 47.4 Å². The van der Waals surface area contributed by atoms with E-state index in [4.69, 9.17) is 24.9 Å². The second kappa shape index (κ2) is 8.48. The highest BCUT2D eigenvalue weighted by molar-refractivity contribution is 5.93. The highest BCUT2D eigenvalue weighted by atomic mass is 16.6. The van der Waals surface area contributed by atoms with Gasteiger partial charge in [-0.1, -0.05) is 6.92 Å². The number of rotatable bonds is 5. The number of hydrogen-bond acceptors (Lipinski definition) is 9. The number of anilines is 2. The maximum atomic E-state index is 12.2. The molecule has 2 aliphatic rings. The number of carbonyl (C=O) groups excluding carboxylic acids is 1. The van der Waals surface area contributed by atoms with Crippen LogP contribution in [0.5, 0.6) is 5.88 Å². The first-order valence-corrected chi connectivity index (χ1v) is 11.5. The van der Waals surface area contributed by atoms with E-state index in [1.165, 1.54) is 0 Å². The molecule has 0 aromatic carbocycles. The molecule has 1 saturated heterocycles. The average Bonchev–Trinajstić information content (AvgIpc) is 3.30. The number of nitrogens with two attached hydrogens (primary N) is 1. The normalized spacial score (nSPS) is 22.4. The molecule has 9 heteroatoms. The summed E-state index contributed by atoms with van der Waals surface area (Å²) in [5.74, 6) is 1.37. The second-order valence-corrected chi connectivity index (χ2v) is 9.57. The Bertz CT molecular complexity index is 1250. The summed E-state index contributed by atoms with van der Waals surface area (Å²) in [6, 6.07) is 5.43. The molecule has 2 aliphatic heterocycles. The van der Waals surface area contributed by atoms with Crippen molar-refractivity contribution in [3.63, 3.8) is 0 Å². The van der Waals surface area contributed by atoms with E-state index in [2.05, 4.69) is 15.3 Å². The Hall–Kier alpha value is -3.30. The lowest BCUT2D eigenvalue weighted by atomic mass is 9.93. The zero-order valence-corrected chi connectivity index (χ0v) is 19.8. The van der Waals surface area contributed by atoms with Gasteiger partial charge in [0, 0.05) is 30.3 Å². The first-order chi connectivity index (χ1) is 16.2. The van der Waals surface area contributed by atoms with Gasteiger partial charge >= 0.3 is 5.97 Å². The van der Waals surface area contributed by atoms with E-state index in [0.717, 1.165) is 28.5 Å². The molecule has 9 nitrogen and oxygen atoms in total. The van der Waals surface area contributed by atoms with Gasteiger partial charge in [-0.25, -0.2) is 19.7 Å². The summed E-state index contributed by atoms with van der Waals surface area (Å²) in [4.78, 5) is 26.0. The fourth-order valence-corrected chi connectivity index (χ4v) is 4.30. The van der Waals surface area contributed by atoms with E-state index in [-0.39, 0.29) is 24.1 Å². The number of fused-ring (bicyclic) bond motifs is 2. The van der Waals surface area contributed by atoms with Gasteiger partial charge in [0.2, 0.25) is 5.88 Å². The van der Waals surface area contributed by atoms with E-state index in [9.17, 15) is 4.79 Å². The summed E-state index contributed by atoms with van der Waals surface area (Å²) in [7, 11) is 0. The van der Waals surface area contributed by atoms with Crippen LogP contribution in [0.15, 0.2) is 30.6 Å². The maximum Gasteiger partial charge on any atom is 0.340 e. The fraction of sp³-hybridized carbons (Fsp3) is 0.440. The zero-order valence-electron chi connectivity index (χ0n) is 19.8. The average molecular weight is 464 g/mol. The minimum Gasteiger partial charge on any atom is -0.471 e. The number of esters is 1. The minimum absolute atomic E-state index is 0.00555. The molecule has 0 aliphatic carbocycles. The molecular weight excluding hydrogens is 434 g/mol. The van der Waals surface area contributed by atoms with Crippen LogP contribution < -0.4 is 15.8 Å². The standard InChI is InChI=1S/C25H29N5O4/c1-13-14(2)33-24(31)16-5-6-20(30-22(13)16)29-21-9-17-18(10-27-21)23(34-15-7-8-32-12-15)28-11-19(17)25(3,4)26/h5-6,9-11,13-15H,7-8,12,26H2,1-4H3,(H,27,29,30)/t13-,14-,15+/m0/s1. The van der Waals surface area contributed by atoms with Crippen molar-refractivity contribution in [3.8, 4) is 5.88 Å². The summed E-state index contributed by atoms with van der Waals surface area (Å²) in [6.07, 6.45) is 4.08. The zero-order chi connectivity index (χ0) is 24.0. The highest BCUT2D eigenvalue weighted by Gasteiger charge is 2.31. The lowest BCUT2D eigenvalue weighted by molar-refractivity contribution is 0.0235. The minimum atomic E-state index is -0.616. The van der Waals surface area contributed by atoms with Crippen LogP contribution in [0.1, 0.15) is 61.6 Å². The molecule has 34 heavy (non-hydrogen) atoms. The summed E-state index contributed by atoms with van der Waals surface area (Å²) in [5.41, 5.74) is 7.94. The number of nitrogens with one attached hydrogen (secondary N) is 1. The molecule has 178 valence electrons. The van der Waals surface area contributed by atoms with Crippen LogP contribution in [0.3, 0.4) is 0 Å². The van der Waals surface area contributed by atoms with E-state index >= 15 is 0 Å². The first-order valence-electron chi connectivity index (χ1n) is 11.5. The van der Waals surface area contributed by atoms with Gasteiger partial charge in [0.05, 0.1) is 29.9 Å². The first kappa shape index (κ1) is 22.5. The largest absolute Gasteiger partial charge is 0.471 e. The SMILES string of the molecule is C[C@@H]1OC(=O)c2ccc(Nc3cc4c(C(C)(C)N)cnc(O[C@@H]5CCOC5)c4cn3)nc2[C@H]1C. The van der Waals surface area contributed by atoms with Crippen molar-refractivity contribution in [2.75, 3.05) is 18.5 Å². The summed E-state index contributed by atoms with van der Waals surface area (Å²) >= 11 is 0. The lowest BCUT2D eigenvalue weighted by Crippen LogP contribution is -2.29. The Kier molecular flexibility index (Phi) is 5.61. The van der Waals surface area contributed by atoms with Gasteiger partial charge in [0.25, 0.3) is 0 Å². The molecule has 5 heterocycles. The topological polar surface area (TPSA) is 121 Å². The highest BCUT2D eigenvalue weighted by Crippen LogP contribution is 2.34. The molecule has 5 rings (SSSR count). The van der Waals surface area contributed by atoms with Crippen molar-refractivity contribution < 1.29 is 19.0 Å². The molecule has 3 aromatic heterocycles. The molecule has 0 spiro atoms. The van der Waals surface area contributed by atoms with E-state index in [1.54, 1.807) is 24.5 Å². The number of hydrogen-bond donors (Lipinski definition) is 2. The Morgan fingerprint density at radius 2 is 1.97 bits per heavy atom. The van der Waals surface area contributed by atoms with Crippen LogP contribution in [-0.4, -0.2) is 46.3 Å². The van der Waals surface area contributed by atoms with Crippen LogP contribution >= 0.6 is 0 Å². The Morgan fingerprint density at radius 3 is 2.71 bits per heavy atom. The maximum absolute atomic E-state index is 12.2. The van der Waals surface area contributed by atoms with Crippen LogP contribution in [-0.2, 0) is 15.0 Å². The van der Waals surface area contributed by atoms with Gasteiger partial charge in [0.15, 0.2) is 0 Å². The van der Waals surface area contributed by atoms with Crippen molar-refractivity contribution in [2.45, 2.75) is 57.8 Å². The molecular formula is C25H29N5O4. The summed E-state index contributed by atoms with van der Waals surface area (Å²) in [5, 5.41) is 4.96. The third-order valence-corrected chi connectivity index (χ3v) is 6.42. The number of ether oxygens (including phenoxy) is 3. The fourth-order valence-electron chi connectivity index (χ4n) is 4.30. The monoisotopic (exact) mass is 463 g/mol. The van der Waals surface area contributed by atoms with E-state index in [0.29, 0.717) is 36.3 Å². The van der Waals surface area contributed by atoms with Gasteiger partial charge in [-0.2, -0.15) is 0 Å². The Balaban J connectivity index is 1.51. The van der Waals surface area contributed by atoms with Crippen LogP contribution in [0.25, 0.3) is 10.8 Å². The number of cyclic esters (lactones) is 1. The van der Waals surface area contributed by atoms with E-state index < -0.39 is 5.54 Å². The molecule has 0 amide bonds. The third-order valence-electron chi connectivity index (χ3n) is 6.42. The molecule has 0 radical (unpaired) electrons. The van der Waals surface area contributed by atoms with Crippen molar-refractivity contribution in [1.29, 1.82) is 0 Å². The van der Waals surface area contributed by atoms with Crippen molar-refractivity contribution in [1.82, 2.24) is 15.0 Å². The van der Waals surface area contributed by atoms with Crippen LogP contribution in [0, 0.1) is 0 Å². The molecule has 3 aromatic rings. The molecule has 0 bridgehead atoms. The lowest BCUT2D eigenvalue weighted by Gasteiger charge is -2.27. The van der Waals surface area contributed by atoms with E-state index in [1.807, 2.05) is 33.8 Å². The van der Waals surface area contributed by atoms with Gasteiger partial charge in [-0.05, 0) is 49.9 Å². The predicted octanol–water partition coefficient (Wildman–Crippen LogP) is 3.79. The smallest absolute Gasteiger partial charge is 0.340 e.